The van der Waals surface area contributed by atoms with Gasteiger partial charge >= 0.3 is 0 Å². The van der Waals surface area contributed by atoms with Gasteiger partial charge < -0.3 is 24.9 Å². The maximum absolute atomic E-state index is 5.66. The molecule has 0 saturated carbocycles. The summed E-state index contributed by atoms with van der Waals surface area (Å²) in [6.07, 6.45) is 9.37. The molecule has 0 amide bonds. The van der Waals surface area contributed by atoms with E-state index in [1.807, 2.05) is 12.1 Å². The predicted molar refractivity (Wildman–Crippen MR) is 146 cm³/mol. The minimum Gasteiger partial charge on any atom is -0.496 e. The number of aromatic nitrogens is 2. The molecule has 180 valence electrons. The molecule has 2 aromatic heterocycles. The molecule has 5 nitrogen and oxygen atoms in total. The van der Waals surface area contributed by atoms with Gasteiger partial charge in [0.25, 0.3) is 0 Å². The third kappa shape index (κ3) is 3.99. The minimum atomic E-state index is 0.367. The van der Waals surface area contributed by atoms with Crippen molar-refractivity contribution in [3.63, 3.8) is 0 Å². The molecule has 0 fully saturated rings. The van der Waals surface area contributed by atoms with E-state index in [0.717, 1.165) is 37.4 Å². The van der Waals surface area contributed by atoms with Gasteiger partial charge in [-0.15, -0.1) is 0 Å². The van der Waals surface area contributed by atoms with E-state index in [1.54, 1.807) is 7.11 Å². The molecule has 5 heteroatoms. The molecule has 0 saturated heterocycles. The fourth-order valence-corrected chi connectivity index (χ4v) is 5.86. The SMILES string of the molecule is COc1cccc2[nH]cc(C3=C[C@@H](C)C(Cn4cc(C5=C[C@H](C)CNC5)c5ccccc54)NC3)c12. The van der Waals surface area contributed by atoms with Crippen molar-refractivity contribution >= 4 is 33.0 Å². The van der Waals surface area contributed by atoms with Gasteiger partial charge in [-0.1, -0.05) is 50.3 Å². The lowest BCUT2D eigenvalue weighted by Crippen LogP contribution is -2.41. The molecule has 2 aliphatic rings. The zero-order valence-electron chi connectivity index (χ0n) is 20.8. The van der Waals surface area contributed by atoms with Gasteiger partial charge in [-0.25, -0.2) is 0 Å². The maximum atomic E-state index is 5.66. The van der Waals surface area contributed by atoms with Crippen molar-refractivity contribution in [1.82, 2.24) is 20.2 Å². The predicted octanol–water partition coefficient (Wildman–Crippen LogP) is 5.45. The number of ether oxygens (including phenoxy) is 1. The van der Waals surface area contributed by atoms with Crippen LogP contribution in [0.25, 0.3) is 33.0 Å². The maximum Gasteiger partial charge on any atom is 0.128 e. The van der Waals surface area contributed by atoms with Crippen molar-refractivity contribution in [2.24, 2.45) is 11.8 Å². The molecule has 1 unspecified atom stereocenters. The number of para-hydroxylation sites is 1. The molecule has 0 bridgehead atoms. The number of aromatic amines is 1. The van der Waals surface area contributed by atoms with Crippen molar-refractivity contribution in [2.75, 3.05) is 26.7 Å². The van der Waals surface area contributed by atoms with E-state index in [1.165, 1.54) is 38.6 Å². The third-order valence-electron chi connectivity index (χ3n) is 7.68. The quantitative estimate of drug-likeness (QED) is 0.367. The molecule has 3 atom stereocenters. The normalized spacial score (nSPS) is 22.9. The number of nitrogens with zero attached hydrogens (tertiary/aromatic N) is 1. The van der Waals surface area contributed by atoms with Gasteiger partial charge in [0.15, 0.2) is 0 Å². The van der Waals surface area contributed by atoms with Gasteiger partial charge in [-0.2, -0.15) is 0 Å². The number of nitrogens with one attached hydrogen (secondary N) is 3. The molecule has 0 radical (unpaired) electrons. The molecule has 4 aromatic rings. The van der Waals surface area contributed by atoms with Crippen LogP contribution in [0.4, 0.5) is 0 Å². The molecule has 0 spiro atoms. The Balaban J connectivity index is 1.30. The van der Waals surface area contributed by atoms with E-state index < -0.39 is 0 Å². The summed E-state index contributed by atoms with van der Waals surface area (Å²) in [5.41, 5.74) is 7.77. The molecular formula is C30H34N4O. The van der Waals surface area contributed by atoms with E-state index >= 15 is 0 Å². The molecule has 2 aromatic carbocycles. The van der Waals surface area contributed by atoms with Crippen LogP contribution in [0, 0.1) is 11.8 Å². The van der Waals surface area contributed by atoms with Crippen molar-refractivity contribution in [2.45, 2.75) is 26.4 Å². The van der Waals surface area contributed by atoms with Crippen LogP contribution in [0.2, 0.25) is 0 Å². The number of methoxy groups -OCH3 is 1. The lowest BCUT2D eigenvalue weighted by atomic mass is 9.91. The van der Waals surface area contributed by atoms with Crippen molar-refractivity contribution in [3.05, 3.63) is 78.1 Å². The Morgan fingerprint density at radius 1 is 0.971 bits per heavy atom. The highest BCUT2D eigenvalue weighted by atomic mass is 16.5. The zero-order chi connectivity index (χ0) is 23.9. The lowest BCUT2D eigenvalue weighted by Gasteiger charge is -2.30. The van der Waals surface area contributed by atoms with E-state index in [9.17, 15) is 0 Å². The summed E-state index contributed by atoms with van der Waals surface area (Å²) in [4.78, 5) is 3.42. The van der Waals surface area contributed by atoms with Crippen molar-refractivity contribution in [1.29, 1.82) is 0 Å². The molecule has 35 heavy (non-hydrogen) atoms. The molecular weight excluding hydrogens is 432 g/mol. The molecule has 3 N–H and O–H groups in total. The standard InChI is InChI=1S/C30H34N4O/c1-19-11-21(14-31-13-19)25-17-34(28-9-5-4-7-23(25)28)18-27-20(2)12-22(15-32-27)24-16-33-26-8-6-10-29(35-3)30(24)26/h4-12,16-17,19-20,27,31-33H,13-15,18H2,1-3H3/t19-,20+,27?/m0/s1. The topological polar surface area (TPSA) is 54.0 Å². The van der Waals surface area contributed by atoms with Crippen LogP contribution in [0.3, 0.4) is 0 Å². The molecule has 6 rings (SSSR count). The second-order valence-electron chi connectivity index (χ2n) is 10.1. The van der Waals surface area contributed by atoms with E-state index in [0.29, 0.717) is 17.9 Å². The number of hydrogen-bond acceptors (Lipinski definition) is 3. The monoisotopic (exact) mass is 466 g/mol. The summed E-state index contributed by atoms with van der Waals surface area (Å²) < 4.78 is 8.11. The van der Waals surface area contributed by atoms with E-state index in [4.69, 9.17) is 4.74 Å². The van der Waals surface area contributed by atoms with Gasteiger partial charge in [0, 0.05) is 77.5 Å². The van der Waals surface area contributed by atoms with Crippen molar-refractivity contribution in [3.8, 4) is 5.75 Å². The van der Waals surface area contributed by atoms with Crippen LogP contribution in [0.15, 0.2) is 67.0 Å². The average molecular weight is 467 g/mol. The summed E-state index contributed by atoms with van der Waals surface area (Å²) in [5.74, 6) is 1.88. The fourth-order valence-electron chi connectivity index (χ4n) is 5.86. The Kier molecular flexibility index (Phi) is 5.75. The lowest BCUT2D eigenvalue weighted by molar-refractivity contribution is 0.389. The Labute approximate surface area is 206 Å². The highest BCUT2D eigenvalue weighted by Crippen LogP contribution is 2.35. The van der Waals surface area contributed by atoms with E-state index in [2.05, 4.69) is 88.9 Å². The van der Waals surface area contributed by atoms with Crippen LogP contribution in [0.1, 0.15) is 25.0 Å². The summed E-state index contributed by atoms with van der Waals surface area (Å²) in [5, 5.41) is 9.94. The Hall–Kier alpha value is -3.28. The second kappa shape index (κ2) is 9.06. The summed E-state index contributed by atoms with van der Waals surface area (Å²) >= 11 is 0. The van der Waals surface area contributed by atoms with Gasteiger partial charge in [-0.3, -0.25) is 0 Å². The number of rotatable bonds is 5. The van der Waals surface area contributed by atoms with Crippen LogP contribution in [0.5, 0.6) is 5.75 Å². The van der Waals surface area contributed by atoms with Gasteiger partial charge in [0.2, 0.25) is 0 Å². The van der Waals surface area contributed by atoms with Crippen molar-refractivity contribution < 1.29 is 4.74 Å². The Bertz CT molecular complexity index is 1440. The second-order valence-corrected chi connectivity index (χ2v) is 10.1. The Morgan fingerprint density at radius 3 is 2.66 bits per heavy atom. The first kappa shape index (κ1) is 22.2. The number of fused-ring (bicyclic) bond motifs is 2. The Morgan fingerprint density at radius 2 is 1.83 bits per heavy atom. The first-order chi connectivity index (χ1) is 17.1. The van der Waals surface area contributed by atoms with E-state index in [-0.39, 0.29) is 0 Å². The largest absolute Gasteiger partial charge is 0.496 e. The molecule has 2 aliphatic heterocycles. The van der Waals surface area contributed by atoms with Crippen LogP contribution >= 0.6 is 0 Å². The van der Waals surface area contributed by atoms with Gasteiger partial charge in [0.1, 0.15) is 5.75 Å². The van der Waals surface area contributed by atoms with Gasteiger partial charge in [0.05, 0.1) is 7.11 Å². The minimum absolute atomic E-state index is 0.367. The highest BCUT2D eigenvalue weighted by Gasteiger charge is 2.25. The van der Waals surface area contributed by atoms with Gasteiger partial charge in [-0.05, 0) is 41.2 Å². The zero-order valence-corrected chi connectivity index (χ0v) is 20.8. The molecule has 0 aliphatic carbocycles. The summed E-state index contributed by atoms with van der Waals surface area (Å²) in [6, 6.07) is 15.4. The smallest absolute Gasteiger partial charge is 0.128 e. The fraction of sp³-hybridized carbons (Fsp3) is 0.333. The molecule has 4 heterocycles. The third-order valence-corrected chi connectivity index (χ3v) is 7.68. The average Bonchev–Trinajstić information content (AvgIpc) is 3.47. The van der Waals surface area contributed by atoms with Crippen LogP contribution < -0.4 is 15.4 Å². The first-order valence-electron chi connectivity index (χ1n) is 12.7. The number of hydrogen-bond donors (Lipinski definition) is 3. The highest BCUT2D eigenvalue weighted by molar-refractivity contribution is 5.97. The summed E-state index contributed by atoms with van der Waals surface area (Å²) in [7, 11) is 1.74. The number of benzene rings is 2. The number of H-pyrrole nitrogens is 1. The van der Waals surface area contributed by atoms with Crippen LogP contribution in [-0.4, -0.2) is 42.3 Å². The summed E-state index contributed by atoms with van der Waals surface area (Å²) in [6.45, 7) is 8.40. The first-order valence-corrected chi connectivity index (χ1v) is 12.7. The van der Waals surface area contributed by atoms with Crippen LogP contribution in [-0.2, 0) is 6.54 Å².